The lowest BCUT2D eigenvalue weighted by molar-refractivity contribution is -0.146. The van der Waals surface area contributed by atoms with Gasteiger partial charge in [0.05, 0.1) is 5.92 Å². The van der Waals surface area contributed by atoms with Crippen molar-refractivity contribution in [3.05, 3.63) is 59.7 Å². The summed E-state index contributed by atoms with van der Waals surface area (Å²) >= 11 is 0. The van der Waals surface area contributed by atoms with Crippen LogP contribution in [0.3, 0.4) is 0 Å². The molecule has 2 aromatic carbocycles. The average molecular weight is 477 g/mol. The molecular weight excluding hydrogens is 444 g/mol. The quantitative estimate of drug-likeness (QED) is 0.617. The molecule has 0 radical (unpaired) electrons. The lowest BCUT2D eigenvalue weighted by Crippen LogP contribution is -2.49. The number of carbonyl (C=O) groups is 3. The summed E-state index contributed by atoms with van der Waals surface area (Å²) in [5, 5.41) is 12.5. The fourth-order valence-electron chi connectivity index (χ4n) is 6.16. The van der Waals surface area contributed by atoms with E-state index in [4.69, 9.17) is 4.74 Å². The smallest absolute Gasteiger partial charge is 0.407 e. The SMILES string of the molecule is CCC[C@@H](NC(=O)OCC1c2ccccc2-c2ccccc21)C(=O)N1CC(C(=O)O)C2(CCC2)C1. The number of carbonyl (C=O) groups excluding carboxylic acids is 2. The molecular formula is C28H32N2O5. The largest absolute Gasteiger partial charge is 0.481 e. The van der Waals surface area contributed by atoms with E-state index in [1.807, 2.05) is 31.2 Å². The Morgan fingerprint density at radius 2 is 1.71 bits per heavy atom. The van der Waals surface area contributed by atoms with Gasteiger partial charge in [-0.25, -0.2) is 4.79 Å². The number of aliphatic carboxylic acids is 1. The highest BCUT2D eigenvalue weighted by molar-refractivity contribution is 5.87. The van der Waals surface area contributed by atoms with E-state index in [0.717, 1.165) is 41.5 Å². The number of benzene rings is 2. The Balaban J connectivity index is 1.24. The van der Waals surface area contributed by atoms with E-state index in [1.165, 1.54) is 0 Å². The molecule has 5 rings (SSSR count). The minimum Gasteiger partial charge on any atom is -0.481 e. The van der Waals surface area contributed by atoms with Crippen LogP contribution in [-0.2, 0) is 14.3 Å². The summed E-state index contributed by atoms with van der Waals surface area (Å²) in [6, 6.07) is 15.6. The van der Waals surface area contributed by atoms with E-state index in [1.54, 1.807) is 4.90 Å². The zero-order valence-electron chi connectivity index (χ0n) is 20.0. The number of carboxylic acid groups (broad SMARTS) is 1. The van der Waals surface area contributed by atoms with Crippen LogP contribution < -0.4 is 5.32 Å². The van der Waals surface area contributed by atoms with Gasteiger partial charge in [-0.2, -0.15) is 0 Å². The van der Waals surface area contributed by atoms with Gasteiger partial charge in [-0.3, -0.25) is 9.59 Å². The van der Waals surface area contributed by atoms with E-state index in [0.29, 0.717) is 19.4 Å². The van der Waals surface area contributed by atoms with Crippen molar-refractivity contribution >= 4 is 18.0 Å². The summed E-state index contributed by atoms with van der Waals surface area (Å²) in [5.41, 5.74) is 4.27. The number of hydrogen-bond donors (Lipinski definition) is 2. The summed E-state index contributed by atoms with van der Waals surface area (Å²) < 4.78 is 5.65. The second-order valence-electron chi connectivity index (χ2n) is 10.1. The van der Waals surface area contributed by atoms with Crippen molar-refractivity contribution in [3.8, 4) is 11.1 Å². The second-order valence-corrected chi connectivity index (χ2v) is 10.1. The molecule has 2 fully saturated rings. The number of carboxylic acids is 1. The summed E-state index contributed by atoms with van der Waals surface area (Å²) in [6.07, 6.45) is 3.25. The summed E-state index contributed by atoms with van der Waals surface area (Å²) in [7, 11) is 0. The normalized spacial score (nSPS) is 20.6. The average Bonchev–Trinajstić information content (AvgIpc) is 3.40. The van der Waals surface area contributed by atoms with Crippen LogP contribution in [0.15, 0.2) is 48.5 Å². The van der Waals surface area contributed by atoms with Gasteiger partial charge in [-0.1, -0.05) is 68.3 Å². The van der Waals surface area contributed by atoms with Gasteiger partial charge in [0.15, 0.2) is 0 Å². The van der Waals surface area contributed by atoms with Crippen LogP contribution in [0.1, 0.15) is 56.1 Å². The highest BCUT2D eigenvalue weighted by Crippen LogP contribution is 2.52. The van der Waals surface area contributed by atoms with Crippen LogP contribution in [0.25, 0.3) is 11.1 Å². The highest BCUT2D eigenvalue weighted by Gasteiger charge is 2.55. The van der Waals surface area contributed by atoms with Crippen molar-refractivity contribution in [2.24, 2.45) is 11.3 Å². The Kier molecular flexibility index (Phi) is 6.26. The number of hydrogen-bond acceptors (Lipinski definition) is 4. The predicted molar refractivity (Wildman–Crippen MR) is 131 cm³/mol. The molecule has 7 nitrogen and oxygen atoms in total. The first-order valence-corrected chi connectivity index (χ1v) is 12.6. The number of ether oxygens (including phenoxy) is 1. The summed E-state index contributed by atoms with van der Waals surface area (Å²) in [4.78, 5) is 39.6. The lowest BCUT2D eigenvalue weighted by atomic mass is 9.63. The molecule has 3 aliphatic rings. The van der Waals surface area contributed by atoms with Crippen LogP contribution in [0.5, 0.6) is 0 Å². The van der Waals surface area contributed by atoms with Crippen molar-refractivity contribution in [2.75, 3.05) is 19.7 Å². The van der Waals surface area contributed by atoms with Gasteiger partial charge in [0.25, 0.3) is 0 Å². The maximum Gasteiger partial charge on any atom is 0.407 e. The van der Waals surface area contributed by atoms with Crippen molar-refractivity contribution in [3.63, 3.8) is 0 Å². The second kappa shape index (κ2) is 9.36. The minimum absolute atomic E-state index is 0.0538. The molecule has 0 aromatic heterocycles. The Bertz CT molecular complexity index is 1100. The first kappa shape index (κ1) is 23.4. The monoisotopic (exact) mass is 476 g/mol. The summed E-state index contributed by atoms with van der Waals surface area (Å²) in [6.45, 7) is 2.80. The molecule has 1 spiro atoms. The molecule has 1 saturated carbocycles. The molecule has 2 atom stereocenters. The van der Waals surface area contributed by atoms with E-state index in [2.05, 4.69) is 29.6 Å². The third kappa shape index (κ3) is 4.17. The number of amides is 2. The number of nitrogens with zero attached hydrogens (tertiary/aromatic N) is 1. The zero-order valence-corrected chi connectivity index (χ0v) is 20.0. The third-order valence-corrected chi connectivity index (χ3v) is 8.12. The molecule has 1 saturated heterocycles. The van der Waals surface area contributed by atoms with Gasteiger partial charge in [-0.05, 0) is 41.5 Å². The zero-order chi connectivity index (χ0) is 24.6. The summed E-state index contributed by atoms with van der Waals surface area (Å²) in [5.74, 6) is -1.63. The predicted octanol–water partition coefficient (Wildman–Crippen LogP) is 4.41. The number of alkyl carbamates (subject to hydrolysis) is 1. The molecule has 0 bridgehead atoms. The van der Waals surface area contributed by atoms with Crippen LogP contribution in [-0.4, -0.2) is 53.7 Å². The van der Waals surface area contributed by atoms with Gasteiger partial charge < -0.3 is 20.1 Å². The maximum absolute atomic E-state index is 13.3. The van der Waals surface area contributed by atoms with Crippen LogP contribution in [0, 0.1) is 11.3 Å². The lowest BCUT2D eigenvalue weighted by Gasteiger charge is -2.41. The van der Waals surface area contributed by atoms with Crippen LogP contribution in [0.2, 0.25) is 0 Å². The van der Waals surface area contributed by atoms with Crippen LogP contribution >= 0.6 is 0 Å². The highest BCUT2D eigenvalue weighted by atomic mass is 16.5. The van der Waals surface area contributed by atoms with E-state index in [9.17, 15) is 19.5 Å². The number of likely N-dealkylation sites (tertiary alicyclic amines) is 1. The van der Waals surface area contributed by atoms with Gasteiger partial charge in [0.1, 0.15) is 12.6 Å². The third-order valence-electron chi connectivity index (χ3n) is 8.12. The topological polar surface area (TPSA) is 95.9 Å². The van der Waals surface area contributed by atoms with Crippen molar-refractivity contribution in [1.29, 1.82) is 0 Å². The van der Waals surface area contributed by atoms with Gasteiger partial charge in [-0.15, -0.1) is 0 Å². The standard InChI is InChI=1S/C28H32N2O5/c1-2-8-24(25(31)30-15-23(26(32)33)28(17-30)13-7-14-28)29-27(34)35-16-22-20-11-5-3-9-18(20)19-10-4-6-12-21(19)22/h3-6,9-12,22-24H,2,7-8,13-17H2,1H3,(H,29,34)(H,32,33)/t23?,24-/m1/s1. The fourth-order valence-corrected chi connectivity index (χ4v) is 6.16. The van der Waals surface area contributed by atoms with Crippen molar-refractivity contribution in [2.45, 2.75) is 51.0 Å². The molecule has 1 aliphatic heterocycles. The molecule has 7 heteroatoms. The van der Waals surface area contributed by atoms with Gasteiger partial charge >= 0.3 is 12.1 Å². The van der Waals surface area contributed by atoms with E-state index < -0.39 is 24.0 Å². The van der Waals surface area contributed by atoms with E-state index >= 15 is 0 Å². The fraction of sp³-hybridized carbons (Fsp3) is 0.464. The molecule has 2 aromatic rings. The molecule has 1 unspecified atom stereocenters. The Labute approximate surface area is 205 Å². The van der Waals surface area contributed by atoms with Crippen LogP contribution in [0.4, 0.5) is 4.79 Å². The molecule has 2 aliphatic carbocycles. The van der Waals surface area contributed by atoms with Gasteiger partial charge in [0.2, 0.25) is 5.91 Å². The van der Waals surface area contributed by atoms with Crippen molar-refractivity contribution in [1.82, 2.24) is 10.2 Å². The first-order valence-electron chi connectivity index (χ1n) is 12.6. The van der Waals surface area contributed by atoms with Crippen molar-refractivity contribution < 1.29 is 24.2 Å². The molecule has 2 amide bonds. The Morgan fingerprint density at radius 1 is 1.09 bits per heavy atom. The molecule has 184 valence electrons. The van der Waals surface area contributed by atoms with Gasteiger partial charge in [0, 0.05) is 24.4 Å². The minimum atomic E-state index is -0.837. The maximum atomic E-state index is 13.3. The number of rotatable bonds is 7. The number of fused-ring (bicyclic) bond motifs is 3. The first-order chi connectivity index (χ1) is 16.9. The molecule has 35 heavy (non-hydrogen) atoms. The number of nitrogens with one attached hydrogen (secondary N) is 1. The Morgan fingerprint density at radius 3 is 2.23 bits per heavy atom. The van der Waals surface area contributed by atoms with E-state index in [-0.39, 0.29) is 30.4 Å². The molecule has 1 heterocycles. The molecule has 2 N–H and O–H groups in total. The Hall–Kier alpha value is -3.35.